The van der Waals surface area contributed by atoms with E-state index in [0.29, 0.717) is 6.42 Å². The minimum Gasteiger partial charge on any atom is -0.399 e. The fourth-order valence-corrected chi connectivity index (χ4v) is 4.67. The summed E-state index contributed by atoms with van der Waals surface area (Å²) >= 11 is 0. The number of hydrogen-bond acceptors (Lipinski definition) is 5. The van der Waals surface area contributed by atoms with E-state index >= 15 is 0 Å². The van der Waals surface area contributed by atoms with Gasteiger partial charge in [0.1, 0.15) is 0 Å². The second-order valence-corrected chi connectivity index (χ2v) is 9.51. The molecule has 1 aromatic rings. The second kappa shape index (κ2) is 7.14. The van der Waals surface area contributed by atoms with Gasteiger partial charge in [0, 0.05) is 6.04 Å². The number of benzene rings is 1. The Labute approximate surface area is 179 Å². The lowest BCUT2D eigenvalue weighted by atomic mass is 9.77. The van der Waals surface area contributed by atoms with Crippen molar-refractivity contribution < 1.29 is 27.3 Å². The van der Waals surface area contributed by atoms with E-state index < -0.39 is 41.5 Å². The van der Waals surface area contributed by atoms with Gasteiger partial charge in [0.15, 0.2) is 6.19 Å². The molecule has 0 saturated carbocycles. The number of halogens is 3. The number of amides is 1. The molecule has 3 aliphatic rings. The standard InChI is InChI=1S/C21H25BF3N3O3/c1-19(2)20(3,4)31-22(30-19)12-5-7-14(15(9-12)21(23,24)25)18(29)27-16-10-13-6-8-17(16)28(13)11-26/h5,7,9,13,16-17H,6,8,10H2,1-4H3,(H,27,29)/t13-,16+,17+/m0/s1. The van der Waals surface area contributed by atoms with Crippen LogP contribution in [-0.2, 0) is 15.5 Å². The Morgan fingerprint density at radius 1 is 1.23 bits per heavy atom. The smallest absolute Gasteiger partial charge is 0.399 e. The summed E-state index contributed by atoms with van der Waals surface area (Å²) in [5.41, 5.74) is -2.66. The monoisotopic (exact) mass is 435 g/mol. The average molecular weight is 435 g/mol. The fraction of sp³-hybridized carbons (Fsp3) is 0.619. The minimum absolute atomic E-state index is 0.0492. The van der Waals surface area contributed by atoms with E-state index in [2.05, 4.69) is 11.5 Å². The molecule has 0 aromatic heterocycles. The van der Waals surface area contributed by atoms with Crippen molar-refractivity contribution in [1.82, 2.24) is 10.2 Å². The first-order valence-electron chi connectivity index (χ1n) is 10.4. The topological polar surface area (TPSA) is 74.6 Å². The lowest BCUT2D eigenvalue weighted by Gasteiger charge is -2.32. The molecule has 4 rings (SSSR count). The van der Waals surface area contributed by atoms with E-state index in [0.717, 1.165) is 18.9 Å². The molecular weight excluding hydrogens is 410 g/mol. The van der Waals surface area contributed by atoms with Gasteiger partial charge < -0.3 is 19.5 Å². The second-order valence-electron chi connectivity index (χ2n) is 9.51. The number of hydrogen-bond donors (Lipinski definition) is 1. The Balaban J connectivity index is 1.59. The Bertz CT molecular complexity index is 928. The molecule has 0 radical (unpaired) electrons. The van der Waals surface area contributed by atoms with Crippen molar-refractivity contribution in [1.29, 1.82) is 5.26 Å². The van der Waals surface area contributed by atoms with Gasteiger partial charge in [0.25, 0.3) is 5.91 Å². The first-order valence-corrected chi connectivity index (χ1v) is 10.4. The third kappa shape index (κ3) is 3.68. The molecule has 6 nitrogen and oxygen atoms in total. The maximum absolute atomic E-state index is 13.8. The maximum atomic E-state index is 13.8. The summed E-state index contributed by atoms with van der Waals surface area (Å²) < 4.78 is 53.3. The van der Waals surface area contributed by atoms with Crippen LogP contribution in [0.25, 0.3) is 0 Å². The van der Waals surface area contributed by atoms with E-state index in [4.69, 9.17) is 9.31 Å². The fourth-order valence-electron chi connectivity index (χ4n) is 4.67. The van der Waals surface area contributed by atoms with Crippen LogP contribution in [0, 0.1) is 11.5 Å². The van der Waals surface area contributed by atoms with Gasteiger partial charge in [0.05, 0.1) is 34.4 Å². The summed E-state index contributed by atoms with van der Waals surface area (Å²) in [6.45, 7) is 7.28. The summed E-state index contributed by atoms with van der Waals surface area (Å²) in [6, 6.07) is 3.10. The highest BCUT2D eigenvalue weighted by molar-refractivity contribution is 6.62. The number of nitriles is 1. The van der Waals surface area contributed by atoms with Crippen molar-refractivity contribution in [3.05, 3.63) is 29.3 Å². The van der Waals surface area contributed by atoms with Crippen LogP contribution >= 0.6 is 0 Å². The SMILES string of the molecule is CC1(C)OB(c2ccc(C(=O)N[C@@H]3C[C@@H]4CC[C@H]3N4C#N)c(C(F)(F)F)c2)OC1(C)C. The maximum Gasteiger partial charge on any atom is 0.494 e. The number of alkyl halides is 3. The van der Waals surface area contributed by atoms with Gasteiger partial charge in [-0.05, 0) is 64.6 Å². The molecule has 3 atom stereocenters. The van der Waals surface area contributed by atoms with Gasteiger partial charge in [-0.3, -0.25) is 4.79 Å². The molecule has 2 bridgehead atoms. The molecule has 0 spiro atoms. The van der Waals surface area contributed by atoms with E-state index in [-0.39, 0.29) is 23.6 Å². The Morgan fingerprint density at radius 2 is 1.87 bits per heavy atom. The van der Waals surface area contributed by atoms with Crippen LogP contribution in [0.3, 0.4) is 0 Å². The molecule has 3 aliphatic heterocycles. The molecule has 3 fully saturated rings. The molecule has 0 unspecified atom stereocenters. The molecule has 31 heavy (non-hydrogen) atoms. The molecule has 166 valence electrons. The Morgan fingerprint density at radius 3 is 2.42 bits per heavy atom. The van der Waals surface area contributed by atoms with Crippen molar-refractivity contribution in [3.8, 4) is 6.19 Å². The predicted octanol–water partition coefficient (Wildman–Crippen LogP) is 2.82. The molecule has 1 N–H and O–H groups in total. The minimum atomic E-state index is -4.72. The van der Waals surface area contributed by atoms with Gasteiger partial charge in [-0.2, -0.15) is 18.4 Å². The van der Waals surface area contributed by atoms with Gasteiger partial charge in [0.2, 0.25) is 0 Å². The molecule has 3 heterocycles. The molecule has 1 aromatic carbocycles. The molecular formula is C21H25BF3N3O3. The lowest BCUT2D eigenvalue weighted by molar-refractivity contribution is -0.137. The van der Waals surface area contributed by atoms with Crippen molar-refractivity contribution in [2.75, 3.05) is 0 Å². The lowest BCUT2D eigenvalue weighted by Crippen LogP contribution is -2.44. The number of rotatable bonds is 3. The summed E-state index contributed by atoms with van der Waals surface area (Å²) in [4.78, 5) is 14.5. The van der Waals surface area contributed by atoms with E-state index in [1.807, 2.05) is 27.7 Å². The Kier molecular flexibility index (Phi) is 5.06. The predicted molar refractivity (Wildman–Crippen MR) is 107 cm³/mol. The van der Waals surface area contributed by atoms with Crippen molar-refractivity contribution in [3.63, 3.8) is 0 Å². The first kappa shape index (κ1) is 22.0. The zero-order valence-corrected chi connectivity index (χ0v) is 17.9. The summed E-state index contributed by atoms with van der Waals surface area (Å²) in [5.74, 6) is -0.789. The Hall–Kier alpha value is -2.25. The first-order chi connectivity index (χ1) is 14.3. The van der Waals surface area contributed by atoms with E-state index in [1.54, 1.807) is 4.90 Å². The number of nitrogens with zero attached hydrogens (tertiary/aromatic N) is 2. The van der Waals surface area contributed by atoms with Crippen LogP contribution in [0.4, 0.5) is 13.2 Å². The summed E-state index contributed by atoms with van der Waals surface area (Å²) in [6.07, 6.45) is -0.417. The van der Waals surface area contributed by atoms with Crippen LogP contribution in [0.1, 0.15) is 62.9 Å². The average Bonchev–Trinajstić information content (AvgIpc) is 3.28. The normalized spacial score (nSPS) is 28.6. The van der Waals surface area contributed by atoms with Gasteiger partial charge in [-0.25, -0.2) is 0 Å². The number of carbonyl (C=O) groups is 1. The summed E-state index contributed by atoms with van der Waals surface area (Å²) in [5, 5.41) is 12.0. The highest BCUT2D eigenvalue weighted by Crippen LogP contribution is 2.39. The van der Waals surface area contributed by atoms with Gasteiger partial charge >= 0.3 is 13.3 Å². The number of fused-ring (bicyclic) bond motifs is 2. The van der Waals surface area contributed by atoms with Gasteiger partial charge in [-0.1, -0.05) is 6.07 Å². The summed E-state index contributed by atoms with van der Waals surface area (Å²) in [7, 11) is -0.960. The quantitative estimate of drug-likeness (QED) is 0.584. The van der Waals surface area contributed by atoms with Crippen LogP contribution < -0.4 is 10.8 Å². The van der Waals surface area contributed by atoms with Gasteiger partial charge in [-0.15, -0.1) is 0 Å². The zero-order valence-electron chi connectivity index (χ0n) is 17.9. The van der Waals surface area contributed by atoms with Crippen LogP contribution in [0.15, 0.2) is 18.2 Å². The van der Waals surface area contributed by atoms with Crippen molar-refractivity contribution in [2.24, 2.45) is 0 Å². The molecule has 10 heteroatoms. The van der Waals surface area contributed by atoms with Crippen LogP contribution in [0.2, 0.25) is 0 Å². The molecule has 1 amide bonds. The molecule has 3 saturated heterocycles. The van der Waals surface area contributed by atoms with E-state index in [9.17, 15) is 23.2 Å². The van der Waals surface area contributed by atoms with Crippen LogP contribution in [0.5, 0.6) is 0 Å². The largest absolute Gasteiger partial charge is 0.494 e. The number of nitrogens with one attached hydrogen (secondary N) is 1. The third-order valence-corrected chi connectivity index (χ3v) is 7.09. The number of carbonyl (C=O) groups excluding carboxylic acids is 1. The van der Waals surface area contributed by atoms with Crippen LogP contribution in [-0.4, -0.2) is 47.3 Å². The van der Waals surface area contributed by atoms with Crippen molar-refractivity contribution in [2.45, 2.75) is 82.5 Å². The highest BCUT2D eigenvalue weighted by Gasteiger charge is 2.52. The molecule has 0 aliphatic carbocycles. The zero-order chi connectivity index (χ0) is 22.8. The van der Waals surface area contributed by atoms with E-state index in [1.165, 1.54) is 12.1 Å². The highest BCUT2D eigenvalue weighted by atomic mass is 19.4. The van der Waals surface area contributed by atoms with Crippen molar-refractivity contribution >= 4 is 18.5 Å². The third-order valence-electron chi connectivity index (χ3n) is 7.09.